The number of anilines is 1. The number of benzene rings is 2. The van der Waals surface area contributed by atoms with E-state index < -0.39 is 17.9 Å². The highest BCUT2D eigenvalue weighted by molar-refractivity contribution is 6.02. The summed E-state index contributed by atoms with van der Waals surface area (Å²) in [5.41, 5.74) is 2.65. The molecule has 1 saturated heterocycles. The Morgan fingerprint density at radius 2 is 1.64 bits per heavy atom. The topological polar surface area (TPSA) is 77.9 Å². The van der Waals surface area contributed by atoms with E-state index in [4.69, 9.17) is 0 Å². The van der Waals surface area contributed by atoms with Gasteiger partial charge in [0.25, 0.3) is 0 Å². The van der Waals surface area contributed by atoms with Gasteiger partial charge in [-0.05, 0) is 17.2 Å². The van der Waals surface area contributed by atoms with Crippen molar-refractivity contribution in [1.82, 2.24) is 4.90 Å². The molecule has 1 N–H and O–H groups in total. The summed E-state index contributed by atoms with van der Waals surface area (Å²) < 4.78 is 0. The van der Waals surface area contributed by atoms with Crippen LogP contribution in [0.1, 0.15) is 24.0 Å². The predicted molar refractivity (Wildman–Crippen MR) is 104 cm³/mol. The number of carbonyl (C=O) groups is 3. The van der Waals surface area contributed by atoms with Crippen LogP contribution in [0, 0.1) is 5.92 Å². The molecule has 144 valence electrons. The number of hydrogen-bond donors (Lipinski definition) is 1. The first-order valence-electron chi connectivity index (χ1n) is 9.41. The second-order valence-corrected chi connectivity index (χ2v) is 7.44. The molecule has 0 aliphatic carbocycles. The Morgan fingerprint density at radius 3 is 2.32 bits per heavy atom. The molecule has 2 aliphatic rings. The van der Waals surface area contributed by atoms with E-state index in [9.17, 15) is 19.5 Å². The minimum Gasteiger partial charge on any atom is -0.481 e. The Bertz CT molecular complexity index is 927. The molecule has 2 heterocycles. The maximum Gasteiger partial charge on any atom is 0.308 e. The molecule has 0 saturated carbocycles. The fourth-order valence-electron chi connectivity index (χ4n) is 4.46. The summed E-state index contributed by atoms with van der Waals surface area (Å²) in [6.07, 6.45) is 0.457. The van der Waals surface area contributed by atoms with E-state index in [0.29, 0.717) is 13.0 Å². The number of rotatable bonds is 3. The van der Waals surface area contributed by atoms with Crippen LogP contribution in [-0.4, -0.2) is 46.9 Å². The number of hydrogen-bond acceptors (Lipinski definition) is 3. The van der Waals surface area contributed by atoms with Gasteiger partial charge in [0.15, 0.2) is 0 Å². The van der Waals surface area contributed by atoms with Crippen molar-refractivity contribution in [1.29, 1.82) is 0 Å². The molecular weight excluding hydrogens is 356 g/mol. The highest BCUT2D eigenvalue weighted by Gasteiger charge is 2.45. The molecule has 3 atom stereocenters. The van der Waals surface area contributed by atoms with Crippen molar-refractivity contribution in [3.63, 3.8) is 0 Å². The first-order valence-corrected chi connectivity index (χ1v) is 9.41. The third-order valence-electron chi connectivity index (χ3n) is 5.78. The molecule has 2 aromatic carbocycles. The van der Waals surface area contributed by atoms with Crippen molar-refractivity contribution >= 4 is 23.5 Å². The summed E-state index contributed by atoms with van der Waals surface area (Å²) in [6, 6.07) is 16.4. The number of likely N-dealkylation sites (tertiary alicyclic amines) is 1. The molecule has 2 amide bonds. The molecule has 1 fully saturated rings. The molecule has 6 nitrogen and oxygen atoms in total. The predicted octanol–water partition coefficient (Wildman–Crippen LogP) is 2.29. The third kappa shape index (κ3) is 3.05. The average Bonchev–Trinajstić information content (AvgIpc) is 3.30. The lowest BCUT2D eigenvalue weighted by atomic mass is 9.89. The lowest BCUT2D eigenvalue weighted by Crippen LogP contribution is -2.48. The zero-order valence-corrected chi connectivity index (χ0v) is 15.6. The SMILES string of the molecule is CC(=O)N1c2ccccc2C[C@@H]1C(=O)N1C[C@H](C(=O)O)[C@@H](c2ccccc2)C1. The molecule has 0 unspecified atom stereocenters. The summed E-state index contributed by atoms with van der Waals surface area (Å²) in [6.45, 7) is 1.96. The van der Waals surface area contributed by atoms with Crippen LogP contribution in [0.15, 0.2) is 54.6 Å². The maximum atomic E-state index is 13.3. The highest BCUT2D eigenvalue weighted by atomic mass is 16.4. The largest absolute Gasteiger partial charge is 0.481 e. The van der Waals surface area contributed by atoms with Gasteiger partial charge >= 0.3 is 5.97 Å². The summed E-state index contributed by atoms with van der Waals surface area (Å²) in [7, 11) is 0. The number of aliphatic carboxylic acids is 1. The van der Waals surface area contributed by atoms with Gasteiger partial charge in [0.05, 0.1) is 5.92 Å². The van der Waals surface area contributed by atoms with Gasteiger partial charge in [0, 0.05) is 38.0 Å². The Labute approximate surface area is 163 Å². The van der Waals surface area contributed by atoms with Gasteiger partial charge in [-0.3, -0.25) is 19.3 Å². The minimum atomic E-state index is -0.901. The highest BCUT2D eigenvalue weighted by Crippen LogP contribution is 2.37. The van der Waals surface area contributed by atoms with Crippen molar-refractivity contribution in [2.24, 2.45) is 5.92 Å². The van der Waals surface area contributed by atoms with Crippen LogP contribution in [0.25, 0.3) is 0 Å². The number of carboxylic acids is 1. The van der Waals surface area contributed by atoms with E-state index in [1.165, 1.54) is 6.92 Å². The number of amides is 2. The summed E-state index contributed by atoms with van der Waals surface area (Å²) in [4.78, 5) is 40.6. The monoisotopic (exact) mass is 378 g/mol. The van der Waals surface area contributed by atoms with Crippen LogP contribution in [0.4, 0.5) is 5.69 Å². The van der Waals surface area contributed by atoms with Gasteiger partial charge in [-0.2, -0.15) is 0 Å². The number of carbonyl (C=O) groups excluding carboxylic acids is 2. The van der Waals surface area contributed by atoms with Crippen molar-refractivity contribution in [2.45, 2.75) is 25.3 Å². The Kier molecular flexibility index (Phi) is 4.63. The molecular formula is C22H22N2O4. The van der Waals surface area contributed by atoms with Gasteiger partial charge < -0.3 is 10.0 Å². The number of fused-ring (bicyclic) bond motifs is 1. The molecule has 4 rings (SSSR count). The van der Waals surface area contributed by atoms with E-state index in [2.05, 4.69) is 0 Å². The van der Waals surface area contributed by atoms with Crippen LogP contribution in [0.2, 0.25) is 0 Å². The molecule has 0 aromatic heterocycles. The normalized spacial score (nSPS) is 23.5. The molecule has 0 bridgehead atoms. The van der Waals surface area contributed by atoms with Crippen molar-refractivity contribution in [3.8, 4) is 0 Å². The molecule has 0 radical (unpaired) electrons. The van der Waals surface area contributed by atoms with E-state index in [0.717, 1.165) is 16.8 Å². The number of nitrogens with zero attached hydrogens (tertiary/aromatic N) is 2. The Balaban J connectivity index is 1.60. The summed E-state index contributed by atoms with van der Waals surface area (Å²) >= 11 is 0. The van der Waals surface area contributed by atoms with Crippen molar-refractivity contribution in [3.05, 3.63) is 65.7 Å². The number of para-hydroxylation sites is 1. The number of carboxylic acid groups (broad SMARTS) is 1. The summed E-state index contributed by atoms with van der Waals surface area (Å²) in [5, 5.41) is 9.69. The van der Waals surface area contributed by atoms with Crippen LogP contribution >= 0.6 is 0 Å². The van der Waals surface area contributed by atoms with Gasteiger partial charge in [-0.15, -0.1) is 0 Å². The Morgan fingerprint density at radius 1 is 0.964 bits per heavy atom. The lowest BCUT2D eigenvalue weighted by Gasteiger charge is -2.27. The second-order valence-electron chi connectivity index (χ2n) is 7.44. The molecule has 2 aliphatic heterocycles. The van der Waals surface area contributed by atoms with E-state index in [-0.39, 0.29) is 24.3 Å². The van der Waals surface area contributed by atoms with Crippen LogP contribution in [-0.2, 0) is 20.8 Å². The molecule has 6 heteroatoms. The van der Waals surface area contributed by atoms with E-state index in [1.54, 1.807) is 9.80 Å². The zero-order valence-electron chi connectivity index (χ0n) is 15.6. The third-order valence-corrected chi connectivity index (χ3v) is 5.78. The minimum absolute atomic E-state index is 0.159. The molecule has 2 aromatic rings. The van der Waals surface area contributed by atoms with Gasteiger partial charge in [-0.25, -0.2) is 0 Å². The standard InChI is InChI=1S/C22H22N2O4/c1-14(25)24-19-10-6-5-9-16(19)11-20(24)21(26)23-12-17(18(13-23)22(27)28)15-7-3-2-4-8-15/h2-10,17-18,20H,11-13H2,1H3,(H,27,28)/t17-,18+,20-/m1/s1. The second kappa shape index (κ2) is 7.11. The quantitative estimate of drug-likeness (QED) is 0.889. The van der Waals surface area contributed by atoms with Gasteiger partial charge in [-0.1, -0.05) is 48.5 Å². The lowest BCUT2D eigenvalue weighted by molar-refractivity contribution is -0.142. The van der Waals surface area contributed by atoms with Gasteiger partial charge in [0.2, 0.25) is 11.8 Å². The van der Waals surface area contributed by atoms with E-state index >= 15 is 0 Å². The molecule has 0 spiro atoms. The average molecular weight is 378 g/mol. The maximum absolute atomic E-state index is 13.3. The van der Waals surface area contributed by atoms with Crippen LogP contribution in [0.3, 0.4) is 0 Å². The van der Waals surface area contributed by atoms with Crippen LogP contribution < -0.4 is 4.90 Å². The first kappa shape index (κ1) is 18.2. The van der Waals surface area contributed by atoms with E-state index in [1.807, 2.05) is 54.6 Å². The summed E-state index contributed by atoms with van der Waals surface area (Å²) in [5.74, 6) is -2.17. The van der Waals surface area contributed by atoms with Gasteiger partial charge in [0.1, 0.15) is 6.04 Å². The zero-order chi connectivity index (χ0) is 19.8. The van der Waals surface area contributed by atoms with Crippen molar-refractivity contribution in [2.75, 3.05) is 18.0 Å². The Hall–Kier alpha value is -3.15. The smallest absolute Gasteiger partial charge is 0.308 e. The first-order chi connectivity index (χ1) is 13.5. The fourth-order valence-corrected chi connectivity index (χ4v) is 4.46. The van der Waals surface area contributed by atoms with Crippen LogP contribution in [0.5, 0.6) is 0 Å². The molecule has 28 heavy (non-hydrogen) atoms. The van der Waals surface area contributed by atoms with Crippen molar-refractivity contribution < 1.29 is 19.5 Å². The fraction of sp³-hybridized carbons (Fsp3) is 0.318.